The number of H-pyrrole nitrogens is 1. The minimum Gasteiger partial charge on any atom is -0.452 e. The lowest BCUT2D eigenvalue weighted by atomic mass is 10.2. The number of hydrogen-bond donors (Lipinski definition) is 2. The summed E-state index contributed by atoms with van der Waals surface area (Å²) in [7, 11) is 0. The molecule has 0 saturated heterocycles. The van der Waals surface area contributed by atoms with Crippen LogP contribution in [-0.4, -0.2) is 39.7 Å². The third kappa shape index (κ3) is 5.20. The Bertz CT molecular complexity index is 919. The molecule has 0 radical (unpaired) electrons. The lowest BCUT2D eigenvalue weighted by molar-refractivity contribution is -0.153. The third-order valence-corrected chi connectivity index (χ3v) is 6.21. The van der Waals surface area contributed by atoms with Crippen LogP contribution >= 0.6 is 23.1 Å². The largest absolute Gasteiger partial charge is 0.452 e. The van der Waals surface area contributed by atoms with Crippen LogP contribution in [0, 0.1) is 13.8 Å². The number of nitrogens with one attached hydrogen (secondary N) is 2. The highest BCUT2D eigenvalue weighted by atomic mass is 32.2. The van der Waals surface area contributed by atoms with Crippen molar-refractivity contribution < 1.29 is 14.3 Å². The number of esters is 1. The van der Waals surface area contributed by atoms with Crippen molar-refractivity contribution in [3.05, 3.63) is 39.3 Å². The van der Waals surface area contributed by atoms with Gasteiger partial charge < -0.3 is 15.0 Å². The molecule has 2 atom stereocenters. The Balaban J connectivity index is 1.96. The molecule has 0 aliphatic rings. The van der Waals surface area contributed by atoms with E-state index in [9.17, 15) is 14.4 Å². The van der Waals surface area contributed by atoms with Crippen LogP contribution in [0.25, 0.3) is 10.2 Å². The molecule has 2 aromatic rings. The summed E-state index contributed by atoms with van der Waals surface area (Å²) in [6.07, 6.45) is 0.665. The molecule has 0 aliphatic heterocycles. The van der Waals surface area contributed by atoms with Gasteiger partial charge >= 0.3 is 5.97 Å². The topological polar surface area (TPSA) is 101 Å². The number of aromatic nitrogens is 2. The van der Waals surface area contributed by atoms with Gasteiger partial charge in [-0.3, -0.25) is 14.4 Å². The SMILES string of the molecule is C=CCNC(=O)[C@H](C)OC(=O)[C@@H](C)SCc1nc2sc(C)c(C)c2c(=O)[nH]1. The van der Waals surface area contributed by atoms with E-state index in [0.717, 1.165) is 10.4 Å². The molecule has 0 aromatic carbocycles. The smallest absolute Gasteiger partial charge is 0.319 e. The minimum absolute atomic E-state index is 0.166. The molecule has 2 heterocycles. The second-order valence-electron chi connectivity index (χ2n) is 6.04. The Kier molecular flexibility index (Phi) is 7.20. The van der Waals surface area contributed by atoms with Crippen molar-refractivity contribution in [2.24, 2.45) is 0 Å². The van der Waals surface area contributed by atoms with Crippen molar-refractivity contribution in [3.63, 3.8) is 0 Å². The predicted molar refractivity (Wildman–Crippen MR) is 109 cm³/mol. The van der Waals surface area contributed by atoms with Gasteiger partial charge in [0.1, 0.15) is 15.9 Å². The number of ether oxygens (including phenoxy) is 1. The van der Waals surface area contributed by atoms with Crippen LogP contribution in [0.15, 0.2) is 17.4 Å². The van der Waals surface area contributed by atoms with Crippen LogP contribution < -0.4 is 10.9 Å². The molecule has 0 bridgehead atoms. The van der Waals surface area contributed by atoms with E-state index in [-0.39, 0.29) is 11.5 Å². The lowest BCUT2D eigenvalue weighted by Gasteiger charge is -2.16. The second kappa shape index (κ2) is 9.18. The number of thiophene rings is 1. The monoisotopic (exact) mass is 409 g/mol. The van der Waals surface area contributed by atoms with Gasteiger partial charge in [-0.2, -0.15) is 0 Å². The number of rotatable bonds is 8. The maximum atomic E-state index is 12.3. The molecule has 27 heavy (non-hydrogen) atoms. The van der Waals surface area contributed by atoms with Gasteiger partial charge in [-0.25, -0.2) is 4.98 Å². The Labute approximate surface area is 165 Å². The molecular formula is C18H23N3O4S2. The van der Waals surface area contributed by atoms with Gasteiger partial charge in [0.15, 0.2) is 6.10 Å². The summed E-state index contributed by atoms with van der Waals surface area (Å²) in [6, 6.07) is 0. The van der Waals surface area contributed by atoms with Gasteiger partial charge in [-0.05, 0) is 33.3 Å². The first kappa shape index (κ1) is 21.2. The van der Waals surface area contributed by atoms with Crippen LogP contribution in [0.1, 0.15) is 30.1 Å². The number of nitrogens with zero attached hydrogens (tertiary/aromatic N) is 1. The number of aromatic amines is 1. The standard InChI is InChI=1S/C18H23N3O4S2/c1-6-7-19-15(22)10(3)25-18(24)12(5)26-8-13-20-16(23)14-9(2)11(4)27-17(14)21-13/h6,10,12H,1,7-8H2,2-5H3,(H,19,22)(H,20,21,23)/t10-,12+/m0/s1. The van der Waals surface area contributed by atoms with Crippen molar-refractivity contribution in [2.45, 2.75) is 44.8 Å². The van der Waals surface area contributed by atoms with Gasteiger partial charge in [0.25, 0.3) is 11.5 Å². The molecule has 0 fully saturated rings. The van der Waals surface area contributed by atoms with E-state index in [1.165, 1.54) is 30.0 Å². The zero-order valence-electron chi connectivity index (χ0n) is 15.8. The van der Waals surface area contributed by atoms with E-state index in [0.29, 0.717) is 28.3 Å². The summed E-state index contributed by atoms with van der Waals surface area (Å²) in [5.74, 6) is -0.00270. The van der Waals surface area contributed by atoms with Crippen LogP contribution in [0.3, 0.4) is 0 Å². The first-order valence-electron chi connectivity index (χ1n) is 8.44. The van der Waals surface area contributed by atoms with Crippen molar-refractivity contribution >= 4 is 45.2 Å². The number of fused-ring (bicyclic) bond motifs is 1. The molecule has 0 spiro atoms. The van der Waals surface area contributed by atoms with Crippen molar-refractivity contribution in [1.82, 2.24) is 15.3 Å². The number of thioether (sulfide) groups is 1. The molecule has 7 nitrogen and oxygen atoms in total. The first-order chi connectivity index (χ1) is 12.7. The van der Waals surface area contributed by atoms with E-state index in [1.54, 1.807) is 13.0 Å². The molecule has 2 rings (SSSR count). The minimum atomic E-state index is -0.883. The van der Waals surface area contributed by atoms with Gasteiger partial charge in [0.05, 0.1) is 11.1 Å². The van der Waals surface area contributed by atoms with Crippen LogP contribution in [0.2, 0.25) is 0 Å². The Morgan fingerprint density at radius 3 is 2.78 bits per heavy atom. The quantitative estimate of drug-likeness (QED) is 0.513. The molecule has 0 unspecified atom stereocenters. The van der Waals surface area contributed by atoms with E-state index in [4.69, 9.17) is 4.74 Å². The number of carbonyl (C=O) groups excluding carboxylic acids is 2. The summed E-state index contributed by atoms with van der Waals surface area (Å²) in [4.78, 5) is 45.2. The highest BCUT2D eigenvalue weighted by Gasteiger charge is 2.22. The van der Waals surface area contributed by atoms with E-state index < -0.39 is 17.3 Å². The van der Waals surface area contributed by atoms with Gasteiger partial charge in [0, 0.05) is 11.4 Å². The first-order valence-corrected chi connectivity index (χ1v) is 10.3. The fraction of sp³-hybridized carbons (Fsp3) is 0.444. The van der Waals surface area contributed by atoms with Crippen molar-refractivity contribution in [3.8, 4) is 0 Å². The molecule has 2 aromatic heterocycles. The average molecular weight is 410 g/mol. The predicted octanol–water partition coefficient (Wildman–Crippen LogP) is 2.46. The third-order valence-electron chi connectivity index (χ3n) is 3.97. The zero-order chi connectivity index (χ0) is 20.1. The van der Waals surface area contributed by atoms with E-state index in [1.807, 2.05) is 13.8 Å². The Hall–Kier alpha value is -2.13. The van der Waals surface area contributed by atoms with Gasteiger partial charge in [-0.1, -0.05) is 6.08 Å². The summed E-state index contributed by atoms with van der Waals surface area (Å²) in [5, 5.41) is 2.69. The molecule has 1 amide bonds. The van der Waals surface area contributed by atoms with Crippen molar-refractivity contribution in [1.29, 1.82) is 0 Å². The Morgan fingerprint density at radius 2 is 2.11 bits per heavy atom. The summed E-state index contributed by atoms with van der Waals surface area (Å²) in [6.45, 7) is 10.9. The maximum absolute atomic E-state index is 12.3. The molecule has 2 N–H and O–H groups in total. The fourth-order valence-corrected chi connectivity index (χ4v) is 4.06. The van der Waals surface area contributed by atoms with Gasteiger partial charge in [-0.15, -0.1) is 29.7 Å². The Morgan fingerprint density at radius 1 is 1.41 bits per heavy atom. The number of amides is 1. The van der Waals surface area contributed by atoms with Crippen molar-refractivity contribution in [2.75, 3.05) is 6.54 Å². The fourth-order valence-electron chi connectivity index (χ4n) is 2.28. The number of hydrogen-bond acceptors (Lipinski definition) is 7. The average Bonchev–Trinajstić information content (AvgIpc) is 2.91. The highest BCUT2D eigenvalue weighted by Crippen LogP contribution is 2.26. The molecule has 0 saturated carbocycles. The molecule has 0 aliphatic carbocycles. The molecule has 146 valence electrons. The van der Waals surface area contributed by atoms with Gasteiger partial charge in [0.2, 0.25) is 0 Å². The summed E-state index contributed by atoms with van der Waals surface area (Å²) >= 11 is 2.77. The molecular weight excluding hydrogens is 386 g/mol. The summed E-state index contributed by atoms with van der Waals surface area (Å²) < 4.78 is 5.18. The highest BCUT2D eigenvalue weighted by molar-refractivity contribution is 7.99. The molecule has 9 heteroatoms. The lowest BCUT2D eigenvalue weighted by Crippen LogP contribution is -2.37. The van der Waals surface area contributed by atoms with Crippen LogP contribution in [0.5, 0.6) is 0 Å². The van der Waals surface area contributed by atoms with Crippen LogP contribution in [0.4, 0.5) is 0 Å². The zero-order valence-corrected chi connectivity index (χ0v) is 17.4. The second-order valence-corrected chi connectivity index (χ2v) is 8.57. The van der Waals surface area contributed by atoms with E-state index >= 15 is 0 Å². The van der Waals surface area contributed by atoms with E-state index in [2.05, 4.69) is 21.9 Å². The van der Waals surface area contributed by atoms with Crippen LogP contribution in [-0.2, 0) is 20.1 Å². The summed E-state index contributed by atoms with van der Waals surface area (Å²) in [5.41, 5.74) is 0.781. The number of carbonyl (C=O) groups is 2. The normalized spacial score (nSPS) is 13.2. The maximum Gasteiger partial charge on any atom is 0.319 e. The number of aryl methyl sites for hydroxylation is 2.